The standard InChI is InChI=1S/C21H24F6N2O4S2/c1-13(2)18(30)15-12-14(19(31,20(22,23)24)21(25,26)27)5-6-16(15)28-7-9-29(10-8-28)35(32,33)17-4-3-11-34-17/h3-6,11-13,18,30-31H,7-10H2,1-2H3/t18-/m1/s1. The van der Waals surface area contributed by atoms with E-state index in [1.54, 1.807) is 16.3 Å². The first-order valence-corrected chi connectivity index (χ1v) is 12.8. The number of aliphatic hydroxyl groups excluding tert-OH is 1. The van der Waals surface area contributed by atoms with Gasteiger partial charge in [0.15, 0.2) is 0 Å². The Labute approximate surface area is 202 Å². The van der Waals surface area contributed by atoms with Crippen LogP contribution in [0.25, 0.3) is 0 Å². The monoisotopic (exact) mass is 546 g/mol. The zero-order chi connectivity index (χ0) is 26.4. The van der Waals surface area contributed by atoms with Gasteiger partial charge in [0.05, 0.1) is 6.10 Å². The third kappa shape index (κ3) is 5.03. The Morgan fingerprint density at radius 2 is 1.54 bits per heavy atom. The fraction of sp³-hybridized carbons (Fsp3) is 0.524. The van der Waals surface area contributed by atoms with E-state index in [1.165, 1.54) is 24.2 Å². The predicted octanol–water partition coefficient (Wildman–Crippen LogP) is 4.26. The van der Waals surface area contributed by atoms with Gasteiger partial charge in [0.2, 0.25) is 0 Å². The van der Waals surface area contributed by atoms with Crippen LogP contribution in [-0.4, -0.2) is 61.5 Å². The van der Waals surface area contributed by atoms with Crippen LogP contribution in [0.1, 0.15) is 31.1 Å². The van der Waals surface area contributed by atoms with Crippen LogP contribution in [0, 0.1) is 5.92 Å². The van der Waals surface area contributed by atoms with Crippen molar-refractivity contribution in [1.82, 2.24) is 4.31 Å². The van der Waals surface area contributed by atoms with Crippen molar-refractivity contribution < 1.29 is 45.0 Å². The van der Waals surface area contributed by atoms with E-state index >= 15 is 0 Å². The molecule has 6 nitrogen and oxygen atoms in total. The molecule has 0 amide bonds. The highest BCUT2D eigenvalue weighted by molar-refractivity contribution is 7.91. The molecule has 1 atom stereocenters. The molecule has 0 aliphatic carbocycles. The number of alkyl halides is 6. The summed E-state index contributed by atoms with van der Waals surface area (Å²) >= 11 is 1.05. The first-order chi connectivity index (χ1) is 16.0. The maximum Gasteiger partial charge on any atom is 0.430 e. The van der Waals surface area contributed by atoms with E-state index < -0.39 is 45.6 Å². The minimum absolute atomic E-state index is 0.0221. The number of nitrogens with zero attached hydrogens (tertiary/aromatic N) is 2. The average molecular weight is 547 g/mol. The number of thiophene rings is 1. The molecule has 1 aliphatic heterocycles. The van der Waals surface area contributed by atoms with Crippen LogP contribution in [-0.2, 0) is 15.6 Å². The van der Waals surface area contributed by atoms with E-state index in [2.05, 4.69) is 0 Å². The highest BCUT2D eigenvalue weighted by atomic mass is 32.2. The Hall–Kier alpha value is -1.87. The second-order valence-corrected chi connectivity index (χ2v) is 11.6. The zero-order valence-corrected chi connectivity index (χ0v) is 20.3. The van der Waals surface area contributed by atoms with Gasteiger partial charge in [-0.2, -0.15) is 30.6 Å². The molecule has 0 bridgehead atoms. The molecule has 1 aromatic carbocycles. The van der Waals surface area contributed by atoms with Crippen LogP contribution < -0.4 is 4.90 Å². The number of rotatable bonds is 6. The quantitative estimate of drug-likeness (QED) is 0.530. The van der Waals surface area contributed by atoms with E-state index in [0.717, 1.165) is 17.4 Å². The first-order valence-electron chi connectivity index (χ1n) is 10.5. The molecule has 2 aromatic rings. The number of aliphatic hydroxyl groups is 2. The van der Waals surface area contributed by atoms with E-state index in [4.69, 9.17) is 0 Å². The summed E-state index contributed by atoms with van der Waals surface area (Å²) in [5.41, 5.74) is -6.65. The zero-order valence-electron chi connectivity index (χ0n) is 18.6. The van der Waals surface area contributed by atoms with Crippen LogP contribution in [0.4, 0.5) is 32.0 Å². The molecule has 0 saturated carbocycles. The average Bonchev–Trinajstić information content (AvgIpc) is 3.32. The van der Waals surface area contributed by atoms with Gasteiger partial charge in [0.25, 0.3) is 15.6 Å². The summed E-state index contributed by atoms with van der Waals surface area (Å²) in [7, 11) is -3.73. The van der Waals surface area contributed by atoms with Crippen molar-refractivity contribution in [3.8, 4) is 0 Å². The molecule has 2 heterocycles. The number of halogens is 6. The van der Waals surface area contributed by atoms with E-state index in [-0.39, 0.29) is 41.6 Å². The van der Waals surface area contributed by atoms with Crippen molar-refractivity contribution in [2.24, 2.45) is 5.92 Å². The lowest BCUT2D eigenvalue weighted by Crippen LogP contribution is -2.54. The molecule has 2 N–H and O–H groups in total. The molecule has 1 aromatic heterocycles. The lowest BCUT2D eigenvalue weighted by Gasteiger charge is -2.38. The molecular formula is C21H24F6N2O4S2. The molecule has 0 radical (unpaired) electrons. The Kier molecular flexibility index (Phi) is 7.55. The fourth-order valence-electron chi connectivity index (χ4n) is 3.86. The summed E-state index contributed by atoms with van der Waals surface area (Å²) < 4.78 is 107. The summed E-state index contributed by atoms with van der Waals surface area (Å²) in [5.74, 6) is -0.575. The van der Waals surface area contributed by atoms with Crippen molar-refractivity contribution in [2.45, 2.75) is 42.1 Å². The predicted molar refractivity (Wildman–Crippen MR) is 118 cm³/mol. The smallest absolute Gasteiger partial charge is 0.388 e. The largest absolute Gasteiger partial charge is 0.430 e. The third-order valence-corrected chi connectivity index (χ3v) is 9.16. The molecule has 1 aliphatic rings. The van der Waals surface area contributed by atoms with Crippen molar-refractivity contribution in [2.75, 3.05) is 31.1 Å². The van der Waals surface area contributed by atoms with Gasteiger partial charge in [-0.1, -0.05) is 26.0 Å². The number of sulfonamides is 1. The van der Waals surface area contributed by atoms with Crippen LogP contribution in [0.5, 0.6) is 0 Å². The summed E-state index contributed by atoms with van der Waals surface area (Å²) in [4.78, 5) is 1.59. The molecule has 14 heteroatoms. The SMILES string of the molecule is CC(C)[C@@H](O)c1cc(C(O)(C(F)(F)F)C(F)(F)F)ccc1N1CCN(S(=O)(=O)c2cccs2)CC1. The van der Waals surface area contributed by atoms with Gasteiger partial charge < -0.3 is 15.1 Å². The van der Waals surface area contributed by atoms with Gasteiger partial charge in [-0.25, -0.2) is 8.42 Å². The van der Waals surface area contributed by atoms with Crippen LogP contribution in [0.3, 0.4) is 0 Å². The Morgan fingerprint density at radius 1 is 0.971 bits per heavy atom. The lowest BCUT2D eigenvalue weighted by atomic mass is 9.87. The summed E-state index contributed by atoms with van der Waals surface area (Å²) in [5, 5.41) is 22.1. The Bertz CT molecular complexity index is 1110. The first kappa shape index (κ1) is 27.7. The van der Waals surface area contributed by atoms with Crippen molar-refractivity contribution in [1.29, 1.82) is 0 Å². The van der Waals surface area contributed by atoms with E-state index in [1.807, 2.05) is 0 Å². The Morgan fingerprint density at radius 3 is 2.00 bits per heavy atom. The number of hydrogen-bond donors (Lipinski definition) is 2. The van der Waals surface area contributed by atoms with E-state index in [9.17, 15) is 45.0 Å². The number of anilines is 1. The maximum absolute atomic E-state index is 13.4. The van der Waals surface area contributed by atoms with Gasteiger partial charge in [-0.05, 0) is 29.5 Å². The highest BCUT2D eigenvalue weighted by Crippen LogP contribution is 2.51. The minimum atomic E-state index is -6.06. The van der Waals surface area contributed by atoms with Crippen molar-refractivity contribution >= 4 is 27.0 Å². The number of hydrogen-bond acceptors (Lipinski definition) is 6. The molecule has 0 spiro atoms. The van der Waals surface area contributed by atoms with Gasteiger partial charge in [0.1, 0.15) is 4.21 Å². The van der Waals surface area contributed by atoms with Gasteiger partial charge in [0, 0.05) is 43.0 Å². The second-order valence-electron chi connectivity index (χ2n) is 8.49. The second kappa shape index (κ2) is 9.54. The van der Waals surface area contributed by atoms with Crippen molar-refractivity contribution in [3.63, 3.8) is 0 Å². The molecular weight excluding hydrogens is 522 g/mol. The minimum Gasteiger partial charge on any atom is -0.388 e. The summed E-state index contributed by atoms with van der Waals surface area (Å²) in [6.07, 6.45) is -13.6. The van der Waals surface area contributed by atoms with Gasteiger partial charge in [-0.15, -0.1) is 11.3 Å². The molecule has 1 saturated heterocycles. The number of benzene rings is 1. The molecule has 0 unspecified atom stereocenters. The maximum atomic E-state index is 13.4. The van der Waals surface area contributed by atoms with Gasteiger partial charge >= 0.3 is 12.4 Å². The highest BCUT2D eigenvalue weighted by Gasteiger charge is 2.71. The summed E-state index contributed by atoms with van der Waals surface area (Å²) in [6.45, 7) is 3.29. The summed E-state index contributed by atoms with van der Waals surface area (Å²) in [6, 6.07) is 5.10. The van der Waals surface area contributed by atoms with Crippen LogP contribution in [0.15, 0.2) is 39.9 Å². The molecule has 1 fully saturated rings. The molecule has 3 rings (SSSR count). The lowest BCUT2D eigenvalue weighted by molar-refractivity contribution is -0.376. The van der Waals surface area contributed by atoms with Gasteiger partial charge in [-0.3, -0.25) is 0 Å². The van der Waals surface area contributed by atoms with Crippen LogP contribution >= 0.6 is 11.3 Å². The molecule has 196 valence electrons. The van der Waals surface area contributed by atoms with Crippen molar-refractivity contribution in [3.05, 3.63) is 46.8 Å². The van der Waals surface area contributed by atoms with E-state index in [0.29, 0.717) is 12.1 Å². The fourth-order valence-corrected chi connectivity index (χ4v) is 6.43. The van der Waals surface area contributed by atoms with Crippen LogP contribution in [0.2, 0.25) is 0 Å². The normalized spacial score (nSPS) is 17.7. The topological polar surface area (TPSA) is 81.1 Å². The number of piperazine rings is 1. The molecule has 35 heavy (non-hydrogen) atoms. The Balaban J connectivity index is 1.98. The third-order valence-electron chi connectivity index (χ3n) is 5.88.